The Morgan fingerprint density at radius 2 is 2.11 bits per heavy atom. The van der Waals surface area contributed by atoms with Crippen LogP contribution in [0.1, 0.15) is 16.8 Å². The number of anilines is 2. The normalized spacial score (nSPS) is 10.4. The van der Waals surface area contributed by atoms with Crippen molar-refractivity contribution in [2.45, 2.75) is 13.8 Å². The second-order valence-corrected chi connectivity index (χ2v) is 4.47. The molecule has 0 aliphatic rings. The highest BCUT2D eigenvalue weighted by molar-refractivity contribution is 7.80. The highest BCUT2D eigenvalue weighted by Gasteiger charge is 2.14. The minimum atomic E-state index is 0.303. The molecule has 0 saturated carbocycles. The maximum absolute atomic E-state index is 5.75. The van der Waals surface area contributed by atoms with Gasteiger partial charge in [0.05, 0.1) is 23.1 Å². The van der Waals surface area contributed by atoms with Gasteiger partial charge in [-0.25, -0.2) is 0 Å². The second kappa shape index (κ2) is 4.69. The summed E-state index contributed by atoms with van der Waals surface area (Å²) in [6.07, 6.45) is 3.53. The first-order valence-electron chi connectivity index (χ1n) is 5.38. The Bertz CT molecular complexity index is 604. The molecule has 18 heavy (non-hydrogen) atoms. The van der Waals surface area contributed by atoms with E-state index in [0.29, 0.717) is 10.8 Å². The molecule has 0 aliphatic heterocycles. The Labute approximate surface area is 110 Å². The topological polar surface area (TPSA) is 81.7 Å². The maximum Gasteiger partial charge on any atom is 0.163 e. The van der Waals surface area contributed by atoms with Crippen LogP contribution in [0.3, 0.4) is 0 Å². The molecule has 0 radical (unpaired) electrons. The fourth-order valence-electron chi connectivity index (χ4n) is 1.62. The van der Waals surface area contributed by atoms with Crippen LogP contribution in [-0.2, 0) is 7.05 Å². The van der Waals surface area contributed by atoms with E-state index >= 15 is 0 Å². The molecule has 0 aromatic carbocycles. The van der Waals surface area contributed by atoms with Gasteiger partial charge in [-0.1, -0.05) is 12.2 Å². The van der Waals surface area contributed by atoms with Crippen LogP contribution in [0.2, 0.25) is 0 Å². The van der Waals surface area contributed by atoms with E-state index in [0.717, 1.165) is 22.5 Å². The lowest BCUT2D eigenvalue weighted by Gasteiger charge is -2.11. The maximum atomic E-state index is 5.75. The van der Waals surface area contributed by atoms with Gasteiger partial charge < -0.3 is 11.1 Å². The van der Waals surface area contributed by atoms with Crippen LogP contribution in [0.5, 0.6) is 0 Å². The number of thiocarbonyl (C=S) groups is 1. The molecular weight excluding hydrogens is 248 g/mol. The third-order valence-corrected chi connectivity index (χ3v) is 2.87. The van der Waals surface area contributed by atoms with Crippen LogP contribution >= 0.6 is 12.2 Å². The van der Waals surface area contributed by atoms with Crippen LogP contribution < -0.4 is 11.1 Å². The van der Waals surface area contributed by atoms with Crippen molar-refractivity contribution in [2.75, 3.05) is 5.32 Å². The van der Waals surface area contributed by atoms with Gasteiger partial charge in [0, 0.05) is 13.2 Å². The number of hydrogen-bond acceptors (Lipinski definition) is 5. The smallest absolute Gasteiger partial charge is 0.163 e. The number of rotatable bonds is 3. The summed E-state index contributed by atoms with van der Waals surface area (Å²) >= 11 is 5.07. The number of aryl methyl sites for hydroxylation is 2. The fraction of sp³-hybridized carbons (Fsp3) is 0.273. The summed E-state index contributed by atoms with van der Waals surface area (Å²) in [6.45, 7) is 3.80. The van der Waals surface area contributed by atoms with E-state index in [-0.39, 0.29) is 0 Å². The Balaban J connectivity index is 2.44. The average Bonchev–Trinajstić information content (AvgIpc) is 2.69. The van der Waals surface area contributed by atoms with Gasteiger partial charge in [-0.2, -0.15) is 10.2 Å². The summed E-state index contributed by atoms with van der Waals surface area (Å²) in [4.78, 5) is 0.303. The Morgan fingerprint density at radius 1 is 1.39 bits per heavy atom. The lowest BCUT2D eigenvalue weighted by atomic mass is 10.1. The van der Waals surface area contributed by atoms with E-state index in [2.05, 4.69) is 20.6 Å². The van der Waals surface area contributed by atoms with Crippen molar-refractivity contribution in [1.82, 2.24) is 20.0 Å². The molecule has 2 rings (SSSR count). The molecule has 2 aromatic rings. The van der Waals surface area contributed by atoms with Gasteiger partial charge in [0.1, 0.15) is 4.99 Å². The molecule has 0 fully saturated rings. The van der Waals surface area contributed by atoms with Gasteiger partial charge in [-0.3, -0.25) is 4.68 Å². The van der Waals surface area contributed by atoms with Gasteiger partial charge in [-0.05, 0) is 19.4 Å². The first-order chi connectivity index (χ1) is 8.49. The summed E-state index contributed by atoms with van der Waals surface area (Å²) in [7, 11) is 1.84. The molecule has 0 atom stereocenters. The van der Waals surface area contributed by atoms with E-state index in [9.17, 15) is 0 Å². The predicted molar refractivity (Wildman–Crippen MR) is 73.9 cm³/mol. The molecule has 6 nitrogen and oxygen atoms in total. The molecule has 0 spiro atoms. The average molecular weight is 262 g/mol. The van der Waals surface area contributed by atoms with Gasteiger partial charge in [0.2, 0.25) is 0 Å². The molecule has 2 aromatic heterocycles. The van der Waals surface area contributed by atoms with E-state index < -0.39 is 0 Å². The number of nitrogens with two attached hydrogens (primary N) is 1. The Kier molecular flexibility index (Phi) is 3.24. The number of nitrogens with zero attached hydrogens (tertiary/aromatic N) is 4. The lowest BCUT2D eigenvalue weighted by Crippen LogP contribution is -2.16. The van der Waals surface area contributed by atoms with E-state index in [1.54, 1.807) is 10.9 Å². The zero-order valence-electron chi connectivity index (χ0n) is 10.4. The molecule has 3 N–H and O–H groups in total. The Hall–Kier alpha value is -2.02. The fourth-order valence-corrected chi connectivity index (χ4v) is 1.87. The van der Waals surface area contributed by atoms with Crippen molar-refractivity contribution in [3.8, 4) is 0 Å². The van der Waals surface area contributed by atoms with Crippen molar-refractivity contribution in [2.24, 2.45) is 12.8 Å². The number of aromatic nitrogens is 4. The molecule has 0 saturated heterocycles. The molecule has 0 aliphatic carbocycles. The van der Waals surface area contributed by atoms with Gasteiger partial charge in [0.15, 0.2) is 5.82 Å². The van der Waals surface area contributed by atoms with Crippen LogP contribution in [0.25, 0.3) is 0 Å². The third kappa shape index (κ3) is 2.30. The van der Waals surface area contributed by atoms with Crippen molar-refractivity contribution in [3.05, 3.63) is 29.2 Å². The zero-order valence-corrected chi connectivity index (χ0v) is 11.2. The van der Waals surface area contributed by atoms with E-state index in [4.69, 9.17) is 18.0 Å². The van der Waals surface area contributed by atoms with Crippen molar-refractivity contribution in [1.29, 1.82) is 0 Å². The van der Waals surface area contributed by atoms with Gasteiger partial charge >= 0.3 is 0 Å². The molecule has 0 bridgehead atoms. The van der Waals surface area contributed by atoms with Crippen molar-refractivity contribution < 1.29 is 0 Å². The molecule has 0 unspecified atom stereocenters. The number of hydrogen-bond donors (Lipinski definition) is 2. The predicted octanol–water partition coefficient (Wildman–Crippen LogP) is 1.20. The number of nitrogens with one attached hydrogen (secondary N) is 1. The van der Waals surface area contributed by atoms with Crippen LogP contribution in [0.4, 0.5) is 11.5 Å². The minimum Gasteiger partial charge on any atom is -0.389 e. The molecule has 94 valence electrons. The monoisotopic (exact) mass is 262 g/mol. The lowest BCUT2D eigenvalue weighted by molar-refractivity contribution is 0.768. The van der Waals surface area contributed by atoms with Crippen LogP contribution in [0.15, 0.2) is 12.4 Å². The summed E-state index contributed by atoms with van der Waals surface area (Å²) in [5, 5.41) is 15.4. The summed E-state index contributed by atoms with van der Waals surface area (Å²) in [5.41, 5.74) is 9.03. The minimum absolute atomic E-state index is 0.303. The molecule has 7 heteroatoms. The molecule has 0 amide bonds. The van der Waals surface area contributed by atoms with Crippen molar-refractivity contribution in [3.63, 3.8) is 0 Å². The quantitative estimate of drug-likeness (QED) is 0.809. The summed E-state index contributed by atoms with van der Waals surface area (Å²) < 4.78 is 1.69. The van der Waals surface area contributed by atoms with Crippen LogP contribution in [0, 0.1) is 13.8 Å². The van der Waals surface area contributed by atoms with Gasteiger partial charge in [0.25, 0.3) is 0 Å². The largest absolute Gasteiger partial charge is 0.389 e. The van der Waals surface area contributed by atoms with E-state index in [1.165, 1.54) is 0 Å². The third-order valence-electron chi connectivity index (χ3n) is 2.67. The first kappa shape index (κ1) is 12.4. The SMILES string of the molecule is Cc1nnc(Nc2cnn(C)c2)c(C(N)=S)c1C. The standard InChI is InChI=1S/C11H14N6S/c1-6-7(2)15-16-11(9(6)10(12)18)14-8-4-13-17(3)5-8/h4-5H,1-3H3,(H2,12,18)(H,14,16). The van der Waals surface area contributed by atoms with Crippen molar-refractivity contribution >= 4 is 28.7 Å². The highest BCUT2D eigenvalue weighted by Crippen LogP contribution is 2.21. The molecular formula is C11H14N6S. The van der Waals surface area contributed by atoms with Crippen LogP contribution in [-0.4, -0.2) is 25.0 Å². The second-order valence-electron chi connectivity index (χ2n) is 4.03. The zero-order chi connectivity index (χ0) is 13.3. The van der Waals surface area contributed by atoms with Gasteiger partial charge in [-0.15, -0.1) is 5.10 Å². The Morgan fingerprint density at radius 3 is 2.67 bits per heavy atom. The summed E-state index contributed by atoms with van der Waals surface area (Å²) in [5.74, 6) is 0.554. The van der Waals surface area contributed by atoms with E-state index in [1.807, 2.05) is 27.1 Å². The highest BCUT2D eigenvalue weighted by atomic mass is 32.1. The summed E-state index contributed by atoms with van der Waals surface area (Å²) in [6, 6.07) is 0. The molecule has 2 heterocycles. The first-order valence-corrected chi connectivity index (χ1v) is 5.79.